The lowest BCUT2D eigenvalue weighted by Gasteiger charge is -2.34. The van der Waals surface area contributed by atoms with E-state index in [1.165, 1.54) is 11.3 Å². The van der Waals surface area contributed by atoms with E-state index in [9.17, 15) is 14.4 Å². The van der Waals surface area contributed by atoms with E-state index in [-0.39, 0.29) is 30.6 Å². The van der Waals surface area contributed by atoms with Crippen LogP contribution in [0.3, 0.4) is 0 Å². The summed E-state index contributed by atoms with van der Waals surface area (Å²) in [6.07, 6.45) is 6.14. The number of benzene rings is 1. The molecule has 3 rings (SSSR count). The molecule has 1 aliphatic heterocycles. The molecular weight excluding hydrogens is 462 g/mol. The first-order valence-electron chi connectivity index (χ1n) is 12.8. The first-order chi connectivity index (χ1) is 17.3. The van der Waals surface area contributed by atoms with Gasteiger partial charge in [-0.15, -0.1) is 0 Å². The van der Waals surface area contributed by atoms with Crippen LogP contribution in [-0.4, -0.2) is 85.5 Å². The van der Waals surface area contributed by atoms with Gasteiger partial charge in [0.05, 0.1) is 12.3 Å². The van der Waals surface area contributed by atoms with Crippen molar-refractivity contribution in [3.8, 4) is 5.75 Å². The standard InChI is InChI=1S/C26H39N5O5/c1-5-27-26(34)30(4)25-28-22-14-13-21(35-15-9-12-23(32)29(2)3)16-19(22)17-31(25)18-24(33)36-20-10-7-6-8-11-20/h13-14,16,20H,5-12,15,17-18H2,1-4H3,(H,27,34). The van der Waals surface area contributed by atoms with Crippen molar-refractivity contribution in [1.82, 2.24) is 20.0 Å². The van der Waals surface area contributed by atoms with E-state index < -0.39 is 0 Å². The Hall–Kier alpha value is -3.30. The lowest BCUT2D eigenvalue weighted by molar-refractivity contribution is -0.151. The number of nitrogens with zero attached hydrogens (tertiary/aromatic N) is 4. The van der Waals surface area contributed by atoms with Gasteiger partial charge in [-0.2, -0.15) is 0 Å². The van der Waals surface area contributed by atoms with Crippen molar-refractivity contribution in [2.24, 2.45) is 4.99 Å². The maximum absolute atomic E-state index is 12.8. The molecule has 10 heteroatoms. The van der Waals surface area contributed by atoms with E-state index in [1.807, 2.05) is 25.1 Å². The molecule has 1 aliphatic carbocycles. The molecular formula is C26H39N5O5. The van der Waals surface area contributed by atoms with Gasteiger partial charge in [0.15, 0.2) is 0 Å². The molecule has 1 N–H and O–H groups in total. The molecule has 1 aromatic rings. The number of carbonyl (C=O) groups is 3. The molecule has 1 aromatic carbocycles. The predicted molar refractivity (Wildman–Crippen MR) is 137 cm³/mol. The molecule has 1 saturated carbocycles. The second-order valence-electron chi connectivity index (χ2n) is 9.44. The van der Waals surface area contributed by atoms with Crippen molar-refractivity contribution >= 4 is 29.6 Å². The number of ether oxygens (including phenoxy) is 2. The van der Waals surface area contributed by atoms with Gasteiger partial charge in [0.1, 0.15) is 18.4 Å². The number of nitrogens with one attached hydrogen (secondary N) is 1. The number of hydrogen-bond donors (Lipinski definition) is 1. The Morgan fingerprint density at radius 3 is 2.58 bits per heavy atom. The van der Waals surface area contributed by atoms with E-state index in [0.29, 0.717) is 49.9 Å². The summed E-state index contributed by atoms with van der Waals surface area (Å²) in [6.45, 7) is 3.13. The van der Waals surface area contributed by atoms with Crippen molar-refractivity contribution in [2.45, 2.75) is 64.5 Å². The molecule has 1 fully saturated rings. The molecule has 198 valence electrons. The van der Waals surface area contributed by atoms with Crippen LogP contribution in [0.2, 0.25) is 0 Å². The average Bonchev–Trinajstić information content (AvgIpc) is 2.86. The van der Waals surface area contributed by atoms with Crippen LogP contribution in [0.5, 0.6) is 5.75 Å². The highest BCUT2D eigenvalue weighted by atomic mass is 16.5. The normalized spacial score (nSPS) is 15.4. The van der Waals surface area contributed by atoms with Gasteiger partial charge in [-0.25, -0.2) is 9.79 Å². The number of hydrogen-bond acceptors (Lipinski definition) is 7. The Balaban J connectivity index is 1.71. The lowest BCUT2D eigenvalue weighted by atomic mass is 9.98. The van der Waals surface area contributed by atoms with Crippen LogP contribution in [0.25, 0.3) is 0 Å². The minimum atomic E-state index is -0.319. The maximum Gasteiger partial charge on any atom is 0.325 e. The summed E-state index contributed by atoms with van der Waals surface area (Å²) in [4.78, 5) is 46.6. The van der Waals surface area contributed by atoms with Gasteiger partial charge in [0, 0.05) is 46.2 Å². The summed E-state index contributed by atoms with van der Waals surface area (Å²) in [7, 11) is 5.11. The Morgan fingerprint density at radius 2 is 1.89 bits per heavy atom. The largest absolute Gasteiger partial charge is 0.494 e. The van der Waals surface area contributed by atoms with Gasteiger partial charge in [-0.05, 0) is 57.2 Å². The van der Waals surface area contributed by atoms with Gasteiger partial charge >= 0.3 is 12.0 Å². The number of urea groups is 1. The van der Waals surface area contributed by atoms with Gasteiger partial charge in [-0.3, -0.25) is 14.5 Å². The SMILES string of the molecule is CCNC(=O)N(C)C1=Nc2ccc(OCCCC(=O)N(C)C)cc2CN1CC(=O)OC1CCCCC1. The molecule has 1 heterocycles. The predicted octanol–water partition coefficient (Wildman–Crippen LogP) is 3.27. The Bertz CT molecular complexity index is 958. The van der Waals surface area contributed by atoms with Gasteiger partial charge in [-0.1, -0.05) is 6.42 Å². The first kappa shape index (κ1) is 27.3. The van der Waals surface area contributed by atoms with Gasteiger partial charge in [0.2, 0.25) is 11.9 Å². The zero-order valence-corrected chi connectivity index (χ0v) is 21.9. The number of esters is 1. The number of aliphatic imine (C=N–C) groups is 1. The smallest absolute Gasteiger partial charge is 0.325 e. The van der Waals surface area contributed by atoms with Crippen molar-refractivity contribution in [3.05, 3.63) is 23.8 Å². The molecule has 10 nitrogen and oxygen atoms in total. The van der Waals surface area contributed by atoms with Crippen LogP contribution < -0.4 is 10.1 Å². The molecule has 0 unspecified atom stereocenters. The summed E-state index contributed by atoms with van der Waals surface area (Å²) in [5.41, 5.74) is 1.60. The van der Waals surface area contributed by atoms with Crippen molar-refractivity contribution in [3.63, 3.8) is 0 Å². The third kappa shape index (κ3) is 7.60. The highest BCUT2D eigenvalue weighted by Crippen LogP contribution is 2.31. The van der Waals surface area contributed by atoms with Crippen molar-refractivity contribution < 1.29 is 23.9 Å². The fourth-order valence-corrected chi connectivity index (χ4v) is 4.32. The van der Waals surface area contributed by atoms with E-state index in [1.54, 1.807) is 30.9 Å². The topological polar surface area (TPSA) is 104 Å². The number of rotatable bonds is 9. The quantitative estimate of drug-likeness (QED) is 0.411. The Labute approximate surface area is 213 Å². The average molecular weight is 502 g/mol. The molecule has 0 aromatic heterocycles. The molecule has 2 aliphatic rings. The van der Waals surface area contributed by atoms with Crippen LogP contribution >= 0.6 is 0 Å². The summed E-state index contributed by atoms with van der Waals surface area (Å²) in [5, 5.41) is 2.78. The molecule has 0 atom stereocenters. The van der Waals surface area contributed by atoms with Gasteiger partial charge in [0.25, 0.3) is 0 Å². The molecule has 36 heavy (non-hydrogen) atoms. The molecule has 0 bridgehead atoms. The van der Waals surface area contributed by atoms with Crippen LogP contribution in [-0.2, 0) is 20.9 Å². The van der Waals surface area contributed by atoms with Crippen LogP contribution in [0, 0.1) is 0 Å². The summed E-state index contributed by atoms with van der Waals surface area (Å²) < 4.78 is 11.6. The zero-order valence-electron chi connectivity index (χ0n) is 21.9. The first-order valence-corrected chi connectivity index (χ1v) is 12.8. The minimum absolute atomic E-state index is 0.00372. The van der Waals surface area contributed by atoms with E-state index >= 15 is 0 Å². The number of carbonyl (C=O) groups excluding carboxylic acids is 3. The molecule has 0 spiro atoms. The second kappa shape index (κ2) is 13.1. The van der Waals surface area contributed by atoms with E-state index in [4.69, 9.17) is 14.5 Å². The zero-order chi connectivity index (χ0) is 26.1. The van der Waals surface area contributed by atoms with Crippen molar-refractivity contribution in [1.29, 1.82) is 0 Å². The number of guanidine groups is 1. The lowest BCUT2D eigenvalue weighted by Crippen LogP contribution is -2.51. The third-order valence-corrected chi connectivity index (χ3v) is 6.32. The highest BCUT2D eigenvalue weighted by molar-refractivity contribution is 5.99. The fraction of sp³-hybridized carbons (Fsp3) is 0.615. The number of amides is 3. The maximum atomic E-state index is 12.8. The molecule has 0 saturated heterocycles. The molecule has 3 amide bonds. The van der Waals surface area contributed by atoms with Gasteiger partial charge < -0.3 is 24.6 Å². The summed E-state index contributed by atoms with van der Waals surface area (Å²) in [6, 6.07) is 5.28. The van der Waals surface area contributed by atoms with Crippen LogP contribution in [0.1, 0.15) is 57.4 Å². The fourth-order valence-electron chi connectivity index (χ4n) is 4.32. The monoisotopic (exact) mass is 501 g/mol. The number of fused-ring (bicyclic) bond motifs is 1. The second-order valence-corrected chi connectivity index (χ2v) is 9.44. The van der Waals surface area contributed by atoms with Crippen molar-refractivity contribution in [2.75, 3.05) is 40.8 Å². The van der Waals surface area contributed by atoms with E-state index in [2.05, 4.69) is 5.32 Å². The Kier molecular flexibility index (Phi) is 9.95. The van der Waals surface area contributed by atoms with E-state index in [0.717, 1.165) is 31.2 Å². The summed E-state index contributed by atoms with van der Waals surface area (Å²) in [5.74, 6) is 0.814. The van der Waals surface area contributed by atoms with Crippen LogP contribution in [0.15, 0.2) is 23.2 Å². The van der Waals surface area contributed by atoms with Crippen LogP contribution in [0.4, 0.5) is 10.5 Å². The highest BCUT2D eigenvalue weighted by Gasteiger charge is 2.29. The Morgan fingerprint density at radius 1 is 1.14 bits per heavy atom. The summed E-state index contributed by atoms with van der Waals surface area (Å²) >= 11 is 0. The molecule has 0 radical (unpaired) electrons. The minimum Gasteiger partial charge on any atom is -0.494 e. The third-order valence-electron chi connectivity index (χ3n) is 6.32.